The van der Waals surface area contributed by atoms with Gasteiger partial charge < -0.3 is 5.32 Å². The minimum absolute atomic E-state index is 1.15. The number of benzene rings is 2. The van der Waals surface area contributed by atoms with Crippen LogP contribution in [0.2, 0.25) is 0 Å². The molecule has 2 aromatic carbocycles. The molecule has 0 aliphatic rings. The van der Waals surface area contributed by atoms with Crippen molar-refractivity contribution in [2.45, 2.75) is 16.7 Å². The van der Waals surface area contributed by atoms with Gasteiger partial charge in [-0.15, -0.1) is 0 Å². The van der Waals surface area contributed by atoms with Crippen LogP contribution in [0, 0.1) is 6.92 Å². The molecule has 0 amide bonds. The number of hydrogen-bond donors (Lipinski definition) is 1. The second-order valence-corrected chi connectivity index (χ2v) is 4.84. The van der Waals surface area contributed by atoms with Gasteiger partial charge in [-0.05, 0) is 37.3 Å². The molecule has 0 aromatic heterocycles. The van der Waals surface area contributed by atoms with Crippen molar-refractivity contribution in [2.75, 3.05) is 12.4 Å². The summed E-state index contributed by atoms with van der Waals surface area (Å²) in [6, 6.07) is 17.0. The molecule has 1 N–H and O–H groups in total. The van der Waals surface area contributed by atoms with Crippen LogP contribution in [0.15, 0.2) is 58.3 Å². The molecular formula is C14H15NS. The minimum Gasteiger partial charge on any atom is -0.388 e. The van der Waals surface area contributed by atoms with Gasteiger partial charge in [-0.3, -0.25) is 0 Å². The summed E-state index contributed by atoms with van der Waals surface area (Å²) < 4.78 is 0. The van der Waals surface area contributed by atoms with E-state index in [1.54, 1.807) is 11.8 Å². The average Bonchev–Trinajstić information content (AvgIpc) is 2.29. The summed E-state index contributed by atoms with van der Waals surface area (Å²) in [6.45, 7) is 2.12. The molecule has 0 fully saturated rings. The van der Waals surface area contributed by atoms with Gasteiger partial charge in [-0.2, -0.15) is 0 Å². The lowest BCUT2D eigenvalue weighted by molar-refractivity contribution is 1.34. The fourth-order valence-corrected chi connectivity index (χ4v) is 2.53. The Morgan fingerprint density at radius 2 is 1.62 bits per heavy atom. The first-order valence-corrected chi connectivity index (χ1v) is 6.12. The summed E-state index contributed by atoms with van der Waals surface area (Å²) in [5.74, 6) is 0. The second-order valence-electron chi connectivity index (χ2n) is 3.70. The topological polar surface area (TPSA) is 12.0 Å². The third-order valence-corrected chi connectivity index (χ3v) is 3.33. The van der Waals surface area contributed by atoms with E-state index in [0.717, 1.165) is 5.69 Å². The Morgan fingerprint density at radius 3 is 2.31 bits per heavy atom. The fraction of sp³-hybridized carbons (Fsp3) is 0.143. The lowest BCUT2D eigenvalue weighted by Crippen LogP contribution is -1.86. The maximum atomic E-state index is 3.15. The Labute approximate surface area is 101 Å². The molecule has 2 rings (SSSR count). The predicted octanol–water partition coefficient (Wildman–Crippen LogP) is 4.19. The van der Waals surface area contributed by atoms with Crippen molar-refractivity contribution in [1.29, 1.82) is 0 Å². The Morgan fingerprint density at radius 1 is 0.938 bits per heavy atom. The smallest absolute Gasteiger partial charge is 0.0348 e. The maximum absolute atomic E-state index is 3.15. The molecule has 1 nitrogen and oxygen atoms in total. The van der Waals surface area contributed by atoms with Crippen LogP contribution in [0.3, 0.4) is 0 Å². The van der Waals surface area contributed by atoms with E-state index in [-0.39, 0.29) is 0 Å². The highest BCUT2D eigenvalue weighted by Gasteiger charge is 1.98. The molecule has 0 radical (unpaired) electrons. The monoisotopic (exact) mass is 229 g/mol. The van der Waals surface area contributed by atoms with Crippen molar-refractivity contribution in [3.8, 4) is 0 Å². The van der Waals surface area contributed by atoms with Crippen molar-refractivity contribution in [3.05, 3.63) is 54.1 Å². The van der Waals surface area contributed by atoms with E-state index in [0.29, 0.717) is 0 Å². The molecule has 2 heteroatoms. The summed E-state index contributed by atoms with van der Waals surface area (Å²) in [6.07, 6.45) is 0. The Balaban J connectivity index is 2.20. The number of rotatable bonds is 3. The highest BCUT2D eigenvalue weighted by Crippen LogP contribution is 2.29. The zero-order valence-corrected chi connectivity index (χ0v) is 10.3. The van der Waals surface area contributed by atoms with Gasteiger partial charge in [0, 0.05) is 22.5 Å². The average molecular weight is 229 g/mol. The molecular weight excluding hydrogens is 214 g/mol. The molecule has 2 aromatic rings. The van der Waals surface area contributed by atoms with Crippen molar-refractivity contribution in [1.82, 2.24) is 0 Å². The quantitative estimate of drug-likeness (QED) is 0.847. The van der Waals surface area contributed by atoms with Crippen LogP contribution in [0.5, 0.6) is 0 Å². The van der Waals surface area contributed by atoms with Crippen molar-refractivity contribution in [2.24, 2.45) is 0 Å². The molecule has 0 saturated carbocycles. The van der Waals surface area contributed by atoms with Gasteiger partial charge in [0.05, 0.1) is 0 Å². The predicted molar refractivity (Wildman–Crippen MR) is 71.3 cm³/mol. The molecule has 0 aliphatic heterocycles. The first-order valence-electron chi connectivity index (χ1n) is 5.30. The van der Waals surface area contributed by atoms with Crippen molar-refractivity contribution >= 4 is 17.4 Å². The number of anilines is 1. The molecule has 0 bridgehead atoms. The third-order valence-electron chi connectivity index (χ3n) is 2.35. The molecule has 16 heavy (non-hydrogen) atoms. The second kappa shape index (κ2) is 5.08. The Kier molecular flexibility index (Phi) is 3.52. The lowest BCUT2D eigenvalue weighted by Gasteiger charge is -2.05. The van der Waals surface area contributed by atoms with E-state index in [4.69, 9.17) is 0 Å². The summed E-state index contributed by atoms with van der Waals surface area (Å²) in [5, 5.41) is 3.15. The lowest BCUT2D eigenvalue weighted by atomic mass is 10.2. The first-order chi connectivity index (χ1) is 7.78. The fourth-order valence-electron chi connectivity index (χ4n) is 1.53. The number of hydrogen-bond acceptors (Lipinski definition) is 2. The molecule has 0 aliphatic carbocycles. The molecule has 0 atom stereocenters. The van der Waals surface area contributed by atoms with Crippen LogP contribution in [-0.2, 0) is 0 Å². The number of nitrogens with one attached hydrogen (secondary N) is 1. The van der Waals surface area contributed by atoms with Crippen LogP contribution >= 0.6 is 11.8 Å². The normalized spacial score (nSPS) is 10.1. The molecule has 82 valence electrons. The van der Waals surface area contributed by atoms with E-state index in [1.807, 2.05) is 7.05 Å². The van der Waals surface area contributed by atoms with Crippen LogP contribution in [-0.4, -0.2) is 7.05 Å². The largest absolute Gasteiger partial charge is 0.388 e. The number of aryl methyl sites for hydroxylation is 1. The summed E-state index contributed by atoms with van der Waals surface area (Å²) in [7, 11) is 1.94. The first kappa shape index (κ1) is 11.1. The highest BCUT2D eigenvalue weighted by atomic mass is 32.2. The van der Waals surface area contributed by atoms with Gasteiger partial charge in [0.2, 0.25) is 0 Å². The third kappa shape index (κ3) is 2.80. The van der Waals surface area contributed by atoms with Gasteiger partial charge in [-0.25, -0.2) is 0 Å². The molecule has 0 saturated heterocycles. The Hall–Kier alpha value is -1.41. The Bertz CT molecular complexity index is 480. The van der Waals surface area contributed by atoms with Crippen molar-refractivity contribution in [3.63, 3.8) is 0 Å². The minimum atomic E-state index is 1.15. The van der Waals surface area contributed by atoms with Crippen LogP contribution < -0.4 is 5.32 Å². The van der Waals surface area contributed by atoms with Gasteiger partial charge in [0.1, 0.15) is 0 Å². The van der Waals surface area contributed by atoms with E-state index in [2.05, 4.69) is 60.8 Å². The van der Waals surface area contributed by atoms with E-state index >= 15 is 0 Å². The van der Waals surface area contributed by atoms with Crippen LogP contribution in [0.25, 0.3) is 0 Å². The van der Waals surface area contributed by atoms with Gasteiger partial charge >= 0.3 is 0 Å². The van der Waals surface area contributed by atoms with Gasteiger partial charge in [-0.1, -0.05) is 35.5 Å². The summed E-state index contributed by atoms with van der Waals surface area (Å²) in [4.78, 5) is 2.55. The van der Waals surface area contributed by atoms with Gasteiger partial charge in [0.25, 0.3) is 0 Å². The zero-order chi connectivity index (χ0) is 11.4. The van der Waals surface area contributed by atoms with E-state index in [9.17, 15) is 0 Å². The standard InChI is InChI=1S/C14H15NS/c1-11-5-3-7-13(9-11)16-14-8-4-6-12(10-14)15-2/h3-10,15H,1-2H3. The van der Waals surface area contributed by atoms with Crippen LogP contribution in [0.1, 0.15) is 5.56 Å². The van der Waals surface area contributed by atoms with E-state index < -0.39 is 0 Å². The molecule has 0 heterocycles. The summed E-state index contributed by atoms with van der Waals surface area (Å²) >= 11 is 1.79. The summed E-state index contributed by atoms with van der Waals surface area (Å²) in [5.41, 5.74) is 2.45. The molecule has 0 spiro atoms. The zero-order valence-electron chi connectivity index (χ0n) is 9.53. The van der Waals surface area contributed by atoms with Gasteiger partial charge in [0.15, 0.2) is 0 Å². The maximum Gasteiger partial charge on any atom is 0.0348 e. The SMILES string of the molecule is CNc1cccc(Sc2cccc(C)c2)c1. The van der Waals surface area contributed by atoms with E-state index in [1.165, 1.54) is 15.4 Å². The molecule has 0 unspecified atom stereocenters. The van der Waals surface area contributed by atoms with Crippen molar-refractivity contribution < 1.29 is 0 Å². The van der Waals surface area contributed by atoms with Crippen LogP contribution in [0.4, 0.5) is 5.69 Å². The highest BCUT2D eigenvalue weighted by molar-refractivity contribution is 7.99.